The highest BCUT2D eigenvalue weighted by Crippen LogP contribution is 2.43. The number of aryl methyl sites for hydroxylation is 1. The molecule has 2 N–H and O–H groups in total. The summed E-state index contributed by atoms with van der Waals surface area (Å²) < 4.78 is 10.8. The molecule has 0 amide bonds. The average molecular weight is 291 g/mol. The number of phenols is 1. The Morgan fingerprint density at radius 1 is 1.31 bits per heavy atom. The van der Waals surface area contributed by atoms with E-state index in [1.54, 1.807) is 6.07 Å². The van der Waals surface area contributed by atoms with Crippen LogP contribution in [0.15, 0.2) is 10.5 Å². The van der Waals surface area contributed by atoms with Gasteiger partial charge in [-0.3, -0.25) is 0 Å². The average Bonchev–Trinajstić information content (AvgIpc) is 2.30. The first-order valence-corrected chi connectivity index (χ1v) is 5.68. The highest BCUT2D eigenvalue weighted by molar-refractivity contribution is 9.10. The minimum Gasteiger partial charge on any atom is -0.506 e. The fourth-order valence-corrected chi connectivity index (χ4v) is 2.06. The van der Waals surface area contributed by atoms with E-state index in [2.05, 4.69) is 15.9 Å². The van der Waals surface area contributed by atoms with Crippen molar-refractivity contribution in [3.8, 4) is 17.2 Å². The van der Waals surface area contributed by atoms with Crippen LogP contribution in [0.3, 0.4) is 0 Å². The maximum absolute atomic E-state index is 9.89. The minimum atomic E-state index is 0.0887. The predicted octanol–water partition coefficient (Wildman–Crippen LogP) is 2.10. The molecule has 90 valence electrons. The van der Waals surface area contributed by atoms with Crippen molar-refractivity contribution in [2.45, 2.75) is 12.8 Å². The van der Waals surface area contributed by atoms with E-state index in [-0.39, 0.29) is 12.4 Å². The summed E-state index contributed by atoms with van der Waals surface area (Å²) in [5.41, 5.74) is 0.721. The lowest BCUT2D eigenvalue weighted by molar-refractivity contribution is 0.287. The number of methoxy groups -OCH3 is 2. The first-order chi connectivity index (χ1) is 7.65. The number of rotatable bonds is 5. The van der Waals surface area contributed by atoms with Gasteiger partial charge in [0.25, 0.3) is 0 Å². The summed E-state index contributed by atoms with van der Waals surface area (Å²) in [7, 11) is 3.05. The van der Waals surface area contributed by atoms with Gasteiger partial charge in [0, 0.05) is 6.61 Å². The zero-order chi connectivity index (χ0) is 12.1. The van der Waals surface area contributed by atoms with Gasteiger partial charge in [0.15, 0.2) is 11.5 Å². The minimum absolute atomic E-state index is 0.0887. The fourth-order valence-electron chi connectivity index (χ4n) is 1.45. The van der Waals surface area contributed by atoms with Gasteiger partial charge in [0.1, 0.15) is 10.2 Å². The first kappa shape index (κ1) is 13.1. The van der Waals surface area contributed by atoms with Gasteiger partial charge in [-0.05, 0) is 40.4 Å². The van der Waals surface area contributed by atoms with Crippen LogP contribution in [0.5, 0.6) is 17.2 Å². The Morgan fingerprint density at radius 2 is 2.00 bits per heavy atom. The molecule has 0 radical (unpaired) electrons. The Kier molecular flexibility index (Phi) is 4.89. The Balaban J connectivity index is 3.16. The lowest BCUT2D eigenvalue weighted by atomic mass is 10.1. The second-order valence-electron chi connectivity index (χ2n) is 3.26. The molecule has 0 aromatic heterocycles. The maximum atomic E-state index is 9.89. The third-order valence-electron chi connectivity index (χ3n) is 2.27. The summed E-state index contributed by atoms with van der Waals surface area (Å²) in [6.45, 7) is 0.0887. The van der Waals surface area contributed by atoms with E-state index in [4.69, 9.17) is 14.6 Å². The van der Waals surface area contributed by atoms with Crippen molar-refractivity contribution in [3.05, 3.63) is 16.1 Å². The normalized spacial score (nSPS) is 10.2. The van der Waals surface area contributed by atoms with E-state index in [0.717, 1.165) is 5.56 Å². The zero-order valence-electron chi connectivity index (χ0n) is 9.29. The van der Waals surface area contributed by atoms with E-state index in [1.807, 2.05) is 0 Å². The molecule has 0 unspecified atom stereocenters. The predicted molar refractivity (Wildman–Crippen MR) is 64.3 cm³/mol. The lowest BCUT2D eigenvalue weighted by Crippen LogP contribution is -1.96. The molecule has 0 heterocycles. The SMILES string of the molecule is COc1cc(CCCO)c(O)c(Br)c1OC. The molecule has 0 fully saturated rings. The molecule has 0 aliphatic rings. The van der Waals surface area contributed by atoms with Crippen LogP contribution in [-0.4, -0.2) is 31.0 Å². The maximum Gasteiger partial charge on any atom is 0.178 e. The van der Waals surface area contributed by atoms with Gasteiger partial charge < -0.3 is 19.7 Å². The number of aliphatic hydroxyl groups is 1. The molecule has 0 saturated carbocycles. The van der Waals surface area contributed by atoms with E-state index in [9.17, 15) is 5.11 Å². The van der Waals surface area contributed by atoms with Crippen LogP contribution in [0, 0.1) is 0 Å². The van der Waals surface area contributed by atoms with Gasteiger partial charge in [-0.1, -0.05) is 0 Å². The summed E-state index contributed by atoms with van der Waals surface area (Å²) in [5, 5.41) is 18.7. The molecule has 0 spiro atoms. The molecule has 16 heavy (non-hydrogen) atoms. The number of aliphatic hydroxyl groups excluding tert-OH is 1. The number of aromatic hydroxyl groups is 1. The number of ether oxygens (including phenoxy) is 2. The zero-order valence-corrected chi connectivity index (χ0v) is 10.9. The molecule has 1 aromatic rings. The molecule has 0 aliphatic carbocycles. The van der Waals surface area contributed by atoms with Crippen molar-refractivity contribution >= 4 is 15.9 Å². The van der Waals surface area contributed by atoms with Crippen LogP contribution in [0.25, 0.3) is 0 Å². The molecule has 1 aromatic carbocycles. The van der Waals surface area contributed by atoms with Crippen molar-refractivity contribution in [2.24, 2.45) is 0 Å². The summed E-state index contributed by atoms with van der Waals surface area (Å²) in [6, 6.07) is 1.72. The van der Waals surface area contributed by atoms with Crippen LogP contribution in [0.4, 0.5) is 0 Å². The molecular weight excluding hydrogens is 276 g/mol. The number of benzene rings is 1. The van der Waals surface area contributed by atoms with Crippen LogP contribution in [0.2, 0.25) is 0 Å². The van der Waals surface area contributed by atoms with E-state index in [0.29, 0.717) is 28.8 Å². The monoisotopic (exact) mass is 290 g/mol. The van der Waals surface area contributed by atoms with Crippen LogP contribution in [0.1, 0.15) is 12.0 Å². The number of phenolic OH excluding ortho intramolecular Hbond substituents is 1. The Morgan fingerprint density at radius 3 is 2.50 bits per heavy atom. The first-order valence-electron chi connectivity index (χ1n) is 4.88. The number of halogens is 1. The second-order valence-corrected chi connectivity index (χ2v) is 4.05. The quantitative estimate of drug-likeness (QED) is 0.872. The number of hydrogen-bond donors (Lipinski definition) is 2. The van der Waals surface area contributed by atoms with Gasteiger partial charge in [0.2, 0.25) is 0 Å². The number of hydrogen-bond acceptors (Lipinski definition) is 4. The molecule has 4 nitrogen and oxygen atoms in total. The molecule has 0 saturated heterocycles. The van der Waals surface area contributed by atoms with Crippen LogP contribution >= 0.6 is 15.9 Å². The van der Waals surface area contributed by atoms with Gasteiger partial charge in [-0.2, -0.15) is 0 Å². The lowest BCUT2D eigenvalue weighted by Gasteiger charge is -2.14. The highest BCUT2D eigenvalue weighted by atomic mass is 79.9. The Hall–Kier alpha value is -0.940. The summed E-state index contributed by atoms with van der Waals surface area (Å²) in [4.78, 5) is 0. The molecule has 0 atom stereocenters. The van der Waals surface area contributed by atoms with Gasteiger partial charge >= 0.3 is 0 Å². The van der Waals surface area contributed by atoms with Gasteiger partial charge in [-0.25, -0.2) is 0 Å². The molecule has 5 heteroatoms. The standard InChI is InChI=1S/C11H15BrO4/c1-15-8-6-7(4-3-5-13)10(14)9(12)11(8)16-2/h6,13-14H,3-5H2,1-2H3. The third kappa shape index (κ3) is 2.59. The molecule has 0 bridgehead atoms. The molecule has 0 aliphatic heterocycles. The molecule has 1 rings (SSSR count). The van der Waals surface area contributed by atoms with E-state index in [1.165, 1.54) is 14.2 Å². The van der Waals surface area contributed by atoms with Gasteiger partial charge in [-0.15, -0.1) is 0 Å². The fraction of sp³-hybridized carbons (Fsp3) is 0.455. The Labute approximate surface area is 103 Å². The third-order valence-corrected chi connectivity index (χ3v) is 3.00. The van der Waals surface area contributed by atoms with Crippen molar-refractivity contribution in [1.29, 1.82) is 0 Å². The van der Waals surface area contributed by atoms with Crippen molar-refractivity contribution in [3.63, 3.8) is 0 Å². The highest BCUT2D eigenvalue weighted by Gasteiger charge is 2.16. The van der Waals surface area contributed by atoms with Crippen molar-refractivity contribution in [2.75, 3.05) is 20.8 Å². The van der Waals surface area contributed by atoms with Crippen LogP contribution in [-0.2, 0) is 6.42 Å². The van der Waals surface area contributed by atoms with Gasteiger partial charge in [0.05, 0.1) is 14.2 Å². The van der Waals surface area contributed by atoms with E-state index < -0.39 is 0 Å². The topological polar surface area (TPSA) is 58.9 Å². The molecular formula is C11H15BrO4. The van der Waals surface area contributed by atoms with Crippen LogP contribution < -0.4 is 9.47 Å². The van der Waals surface area contributed by atoms with Crippen molar-refractivity contribution in [1.82, 2.24) is 0 Å². The smallest absolute Gasteiger partial charge is 0.178 e. The summed E-state index contributed by atoms with van der Waals surface area (Å²) >= 11 is 3.26. The van der Waals surface area contributed by atoms with E-state index >= 15 is 0 Å². The van der Waals surface area contributed by atoms with Crippen molar-refractivity contribution < 1.29 is 19.7 Å². The largest absolute Gasteiger partial charge is 0.506 e. The Bertz CT molecular complexity index is 365. The summed E-state index contributed by atoms with van der Waals surface area (Å²) in [5.74, 6) is 1.15. The summed E-state index contributed by atoms with van der Waals surface area (Å²) in [6.07, 6.45) is 1.18. The second kappa shape index (κ2) is 5.96.